The molecular formula is C7H12O4. The molecule has 2 N–H and O–H groups in total. The van der Waals surface area contributed by atoms with Crippen molar-refractivity contribution in [1.29, 1.82) is 0 Å². The average Bonchev–Trinajstić information content (AvgIpc) is 2.43. The topological polar surface area (TPSA) is 58.9 Å². The molecule has 1 unspecified atom stereocenters. The van der Waals surface area contributed by atoms with Crippen molar-refractivity contribution in [3.8, 4) is 0 Å². The second kappa shape index (κ2) is 2.71. The van der Waals surface area contributed by atoms with Crippen LogP contribution in [-0.4, -0.2) is 41.4 Å². The highest BCUT2D eigenvalue weighted by Gasteiger charge is 2.42. The SMILES string of the molecule is OC[C@@H]1C[C@@H]2OC(O)C[C@@H]2O1. The quantitative estimate of drug-likeness (QED) is 0.529. The second-order valence-corrected chi connectivity index (χ2v) is 3.08. The minimum Gasteiger partial charge on any atom is -0.394 e. The first-order valence-corrected chi connectivity index (χ1v) is 3.89. The monoisotopic (exact) mass is 160 g/mol. The molecule has 2 rings (SSSR count). The maximum absolute atomic E-state index is 9.03. The van der Waals surface area contributed by atoms with E-state index in [1.165, 1.54) is 0 Å². The van der Waals surface area contributed by atoms with Crippen molar-refractivity contribution in [3.05, 3.63) is 0 Å². The van der Waals surface area contributed by atoms with E-state index in [0.29, 0.717) is 12.8 Å². The first kappa shape index (κ1) is 7.49. The highest BCUT2D eigenvalue weighted by molar-refractivity contribution is 4.88. The Morgan fingerprint density at radius 2 is 1.91 bits per heavy atom. The Labute approximate surface area is 64.7 Å². The second-order valence-electron chi connectivity index (χ2n) is 3.08. The molecule has 2 fully saturated rings. The van der Waals surface area contributed by atoms with Crippen LogP contribution in [0.15, 0.2) is 0 Å². The van der Waals surface area contributed by atoms with Crippen molar-refractivity contribution < 1.29 is 19.7 Å². The van der Waals surface area contributed by atoms with E-state index in [2.05, 4.69) is 0 Å². The lowest BCUT2D eigenvalue weighted by Crippen LogP contribution is -2.16. The molecule has 0 amide bonds. The zero-order valence-electron chi connectivity index (χ0n) is 6.14. The standard InChI is InChI=1S/C7H12O4/c8-3-4-1-5-6(10-4)2-7(9)11-5/h4-9H,1-3H2/t4-,5-,6-,7?/m0/s1. The molecule has 0 aliphatic carbocycles. The predicted molar refractivity (Wildman–Crippen MR) is 35.9 cm³/mol. The molecular weight excluding hydrogens is 148 g/mol. The van der Waals surface area contributed by atoms with E-state index in [9.17, 15) is 0 Å². The Morgan fingerprint density at radius 3 is 2.55 bits per heavy atom. The van der Waals surface area contributed by atoms with Crippen LogP contribution in [0.2, 0.25) is 0 Å². The number of hydrogen-bond acceptors (Lipinski definition) is 4. The van der Waals surface area contributed by atoms with Gasteiger partial charge >= 0.3 is 0 Å². The van der Waals surface area contributed by atoms with Crippen LogP contribution in [0.1, 0.15) is 12.8 Å². The van der Waals surface area contributed by atoms with E-state index < -0.39 is 6.29 Å². The van der Waals surface area contributed by atoms with Crippen LogP contribution in [0.3, 0.4) is 0 Å². The molecule has 11 heavy (non-hydrogen) atoms. The van der Waals surface area contributed by atoms with Crippen LogP contribution in [-0.2, 0) is 9.47 Å². The molecule has 2 aliphatic rings. The van der Waals surface area contributed by atoms with E-state index >= 15 is 0 Å². The largest absolute Gasteiger partial charge is 0.394 e. The zero-order chi connectivity index (χ0) is 7.84. The van der Waals surface area contributed by atoms with Crippen LogP contribution < -0.4 is 0 Å². The summed E-state index contributed by atoms with van der Waals surface area (Å²) in [5.74, 6) is 0. The molecule has 4 atom stereocenters. The smallest absolute Gasteiger partial charge is 0.157 e. The summed E-state index contributed by atoms with van der Waals surface area (Å²) in [7, 11) is 0. The first-order valence-electron chi connectivity index (χ1n) is 3.89. The van der Waals surface area contributed by atoms with Gasteiger partial charge < -0.3 is 19.7 Å². The lowest BCUT2D eigenvalue weighted by Gasteiger charge is -2.08. The fraction of sp³-hybridized carbons (Fsp3) is 1.00. The summed E-state index contributed by atoms with van der Waals surface area (Å²) in [5, 5.41) is 17.8. The number of fused-ring (bicyclic) bond motifs is 1. The Balaban J connectivity index is 1.93. The maximum atomic E-state index is 9.03. The van der Waals surface area contributed by atoms with E-state index in [0.717, 1.165) is 0 Å². The van der Waals surface area contributed by atoms with E-state index in [-0.39, 0.29) is 24.9 Å². The molecule has 0 aromatic heterocycles. The molecule has 0 bridgehead atoms. The van der Waals surface area contributed by atoms with Gasteiger partial charge in [0.05, 0.1) is 24.9 Å². The minimum absolute atomic E-state index is 0.00199. The lowest BCUT2D eigenvalue weighted by molar-refractivity contribution is -0.0919. The molecule has 0 spiro atoms. The van der Waals surface area contributed by atoms with Gasteiger partial charge in [0.15, 0.2) is 6.29 Å². The van der Waals surface area contributed by atoms with Gasteiger partial charge in [0.2, 0.25) is 0 Å². The van der Waals surface area contributed by atoms with Crippen molar-refractivity contribution in [1.82, 2.24) is 0 Å². The van der Waals surface area contributed by atoms with Gasteiger partial charge in [0.25, 0.3) is 0 Å². The van der Waals surface area contributed by atoms with E-state index in [1.54, 1.807) is 0 Å². The van der Waals surface area contributed by atoms with Gasteiger partial charge in [-0.25, -0.2) is 0 Å². The van der Waals surface area contributed by atoms with Crippen molar-refractivity contribution in [2.24, 2.45) is 0 Å². The molecule has 4 nitrogen and oxygen atoms in total. The normalized spacial score (nSPS) is 49.6. The van der Waals surface area contributed by atoms with Gasteiger partial charge in [0.1, 0.15) is 0 Å². The number of aliphatic hydroxyl groups is 2. The van der Waals surface area contributed by atoms with Gasteiger partial charge in [-0.05, 0) is 0 Å². The van der Waals surface area contributed by atoms with E-state index in [1.807, 2.05) is 0 Å². The summed E-state index contributed by atoms with van der Waals surface area (Å²) in [6.45, 7) is 0.0481. The molecule has 2 saturated heterocycles. The van der Waals surface area contributed by atoms with Crippen LogP contribution in [0.25, 0.3) is 0 Å². The fourth-order valence-corrected chi connectivity index (χ4v) is 1.73. The van der Waals surface area contributed by atoms with E-state index in [4.69, 9.17) is 19.7 Å². The van der Waals surface area contributed by atoms with Gasteiger partial charge in [-0.15, -0.1) is 0 Å². The minimum atomic E-state index is -0.662. The highest BCUT2D eigenvalue weighted by Crippen LogP contribution is 2.32. The van der Waals surface area contributed by atoms with Crippen molar-refractivity contribution >= 4 is 0 Å². The van der Waals surface area contributed by atoms with Crippen LogP contribution in [0, 0.1) is 0 Å². The molecule has 4 heteroatoms. The van der Waals surface area contributed by atoms with Gasteiger partial charge in [-0.1, -0.05) is 0 Å². The summed E-state index contributed by atoms with van der Waals surface area (Å²) >= 11 is 0. The molecule has 2 aliphatic heterocycles. The maximum Gasteiger partial charge on any atom is 0.157 e. The third kappa shape index (κ3) is 1.27. The van der Waals surface area contributed by atoms with Gasteiger partial charge in [0, 0.05) is 12.8 Å². The molecule has 0 aromatic rings. The fourth-order valence-electron chi connectivity index (χ4n) is 1.73. The molecule has 0 saturated carbocycles. The van der Waals surface area contributed by atoms with Crippen LogP contribution >= 0.6 is 0 Å². The molecule has 64 valence electrons. The molecule has 2 heterocycles. The lowest BCUT2D eigenvalue weighted by atomic mass is 10.1. The summed E-state index contributed by atoms with van der Waals surface area (Å²) in [4.78, 5) is 0. The predicted octanol–water partition coefficient (Wildman–Crippen LogP) is -0.757. The first-order chi connectivity index (χ1) is 5.29. The van der Waals surface area contributed by atoms with Crippen LogP contribution in [0.4, 0.5) is 0 Å². The van der Waals surface area contributed by atoms with Crippen molar-refractivity contribution in [2.45, 2.75) is 37.4 Å². The number of hydrogen-bond donors (Lipinski definition) is 2. The summed E-state index contributed by atoms with van der Waals surface area (Å²) in [5.41, 5.74) is 0. The molecule has 0 radical (unpaired) electrons. The van der Waals surface area contributed by atoms with Gasteiger partial charge in [-0.2, -0.15) is 0 Å². The third-order valence-electron chi connectivity index (χ3n) is 2.25. The Hall–Kier alpha value is -0.160. The number of ether oxygens (including phenoxy) is 2. The number of aliphatic hydroxyl groups excluding tert-OH is 2. The summed E-state index contributed by atoms with van der Waals surface area (Å²) in [6, 6.07) is 0. The molecule has 0 aromatic carbocycles. The van der Waals surface area contributed by atoms with Gasteiger partial charge in [-0.3, -0.25) is 0 Å². The summed E-state index contributed by atoms with van der Waals surface area (Å²) < 4.78 is 10.5. The zero-order valence-corrected chi connectivity index (χ0v) is 6.14. The Kier molecular flexibility index (Phi) is 1.85. The average molecular weight is 160 g/mol. The van der Waals surface area contributed by atoms with Crippen molar-refractivity contribution in [2.75, 3.05) is 6.61 Å². The van der Waals surface area contributed by atoms with Crippen molar-refractivity contribution in [3.63, 3.8) is 0 Å². The highest BCUT2D eigenvalue weighted by atomic mass is 16.6. The third-order valence-corrected chi connectivity index (χ3v) is 2.25. The van der Waals surface area contributed by atoms with Crippen LogP contribution in [0.5, 0.6) is 0 Å². The Bertz CT molecular complexity index is 135. The summed E-state index contributed by atoms with van der Waals surface area (Å²) in [6.07, 6.45) is 0.505. The number of rotatable bonds is 1. The Morgan fingerprint density at radius 1 is 1.18 bits per heavy atom.